The Labute approximate surface area is 180 Å². The maximum atomic E-state index is 3.27. The quantitative estimate of drug-likeness (QED) is 0.207. The number of nitrogens with one attached hydrogen (secondary N) is 1. The van der Waals surface area contributed by atoms with E-state index in [4.69, 9.17) is 0 Å². The molecule has 2 unspecified atom stereocenters. The van der Waals surface area contributed by atoms with Gasteiger partial charge in [0, 0.05) is 5.92 Å². The maximum absolute atomic E-state index is 3.27. The van der Waals surface area contributed by atoms with Gasteiger partial charge < -0.3 is 0 Å². The normalized spacial score (nSPS) is 13.4. The average molecular weight is 398 g/mol. The molecule has 1 aromatic heterocycles. The standard InChI is InChI=1S/C27H44N2/c1-3-5-7-8-9-10-11-12-16-19-26(23-25-17-14-13-15-18-25)27(20-6-4-2)29-22-21-28-24-29/h13-15,17-18,21-22,24,26-27H,3-12,16,19-20,23H2,1-2H3/p+1. The molecule has 2 atom stereocenters. The fourth-order valence-corrected chi connectivity index (χ4v) is 4.61. The van der Waals surface area contributed by atoms with Gasteiger partial charge in [0.1, 0.15) is 18.4 Å². The van der Waals surface area contributed by atoms with Crippen molar-refractivity contribution in [3.05, 3.63) is 54.6 Å². The van der Waals surface area contributed by atoms with E-state index in [0.717, 1.165) is 0 Å². The van der Waals surface area contributed by atoms with Gasteiger partial charge in [0.05, 0.1) is 0 Å². The van der Waals surface area contributed by atoms with Crippen molar-refractivity contribution in [1.29, 1.82) is 0 Å². The number of aromatic amines is 1. The van der Waals surface area contributed by atoms with Crippen LogP contribution in [0.25, 0.3) is 0 Å². The van der Waals surface area contributed by atoms with E-state index in [1.165, 1.54) is 95.5 Å². The lowest BCUT2D eigenvalue weighted by molar-refractivity contribution is -0.730. The van der Waals surface area contributed by atoms with E-state index < -0.39 is 0 Å². The highest BCUT2D eigenvalue weighted by Gasteiger charge is 2.26. The lowest BCUT2D eigenvalue weighted by Gasteiger charge is -2.25. The molecular weight excluding hydrogens is 352 g/mol. The number of aromatic nitrogens is 2. The van der Waals surface area contributed by atoms with Crippen molar-refractivity contribution in [2.75, 3.05) is 0 Å². The highest BCUT2D eigenvalue weighted by atomic mass is 15.1. The van der Waals surface area contributed by atoms with Crippen LogP contribution in [0.4, 0.5) is 0 Å². The van der Waals surface area contributed by atoms with Crippen molar-refractivity contribution >= 4 is 0 Å². The van der Waals surface area contributed by atoms with Crippen LogP contribution in [0.3, 0.4) is 0 Å². The number of H-pyrrole nitrogens is 1. The fraction of sp³-hybridized carbons (Fsp3) is 0.667. The van der Waals surface area contributed by atoms with Gasteiger partial charge in [-0.25, -0.2) is 4.57 Å². The van der Waals surface area contributed by atoms with Gasteiger partial charge in [-0.15, -0.1) is 0 Å². The van der Waals surface area contributed by atoms with E-state index in [1.807, 2.05) is 0 Å². The van der Waals surface area contributed by atoms with E-state index in [9.17, 15) is 0 Å². The fourth-order valence-electron chi connectivity index (χ4n) is 4.61. The summed E-state index contributed by atoms with van der Waals surface area (Å²) in [5.41, 5.74) is 1.49. The molecular formula is C27H45N2+. The van der Waals surface area contributed by atoms with Crippen molar-refractivity contribution in [2.45, 2.75) is 110 Å². The van der Waals surface area contributed by atoms with Crippen LogP contribution < -0.4 is 4.57 Å². The molecule has 162 valence electrons. The number of imidazole rings is 1. The number of nitrogens with zero attached hydrogens (tertiary/aromatic N) is 1. The third kappa shape index (κ3) is 9.65. The van der Waals surface area contributed by atoms with Gasteiger partial charge in [0.15, 0.2) is 0 Å². The van der Waals surface area contributed by atoms with Crippen LogP contribution in [0, 0.1) is 5.92 Å². The van der Waals surface area contributed by atoms with Crippen LogP contribution in [0.5, 0.6) is 0 Å². The second-order valence-corrected chi connectivity index (χ2v) is 8.84. The van der Waals surface area contributed by atoms with E-state index in [0.29, 0.717) is 12.0 Å². The first-order valence-electron chi connectivity index (χ1n) is 12.4. The Morgan fingerprint density at radius 2 is 1.41 bits per heavy atom. The Hall–Kier alpha value is -1.57. The summed E-state index contributed by atoms with van der Waals surface area (Å²) < 4.78 is 2.44. The Balaban J connectivity index is 1.87. The average Bonchev–Trinajstić information content (AvgIpc) is 3.28. The minimum atomic E-state index is 0.607. The molecule has 0 aliphatic carbocycles. The lowest BCUT2D eigenvalue weighted by atomic mass is 9.84. The van der Waals surface area contributed by atoms with Crippen molar-refractivity contribution in [3.8, 4) is 0 Å². The molecule has 2 rings (SSSR count). The second kappa shape index (κ2) is 15.3. The summed E-state index contributed by atoms with van der Waals surface area (Å²) in [7, 11) is 0. The molecule has 2 nitrogen and oxygen atoms in total. The molecule has 0 aliphatic rings. The monoisotopic (exact) mass is 397 g/mol. The van der Waals surface area contributed by atoms with Crippen LogP contribution in [0.1, 0.15) is 109 Å². The molecule has 29 heavy (non-hydrogen) atoms. The Kier molecular flexibility index (Phi) is 12.5. The zero-order valence-electron chi connectivity index (χ0n) is 19.1. The number of benzene rings is 1. The summed E-state index contributed by atoms with van der Waals surface area (Å²) in [6, 6.07) is 11.7. The largest absolute Gasteiger partial charge is 0.250 e. The minimum absolute atomic E-state index is 0.607. The first-order valence-corrected chi connectivity index (χ1v) is 12.4. The molecule has 0 spiro atoms. The molecule has 0 saturated carbocycles. The van der Waals surface area contributed by atoms with Crippen molar-refractivity contribution in [3.63, 3.8) is 0 Å². The van der Waals surface area contributed by atoms with Gasteiger partial charge >= 0.3 is 0 Å². The SMILES string of the molecule is CCCCCCCCCCCC(Cc1ccccc1)C(CCCC)[n+]1cc[nH]c1. The summed E-state index contributed by atoms with van der Waals surface area (Å²) in [5, 5.41) is 0. The lowest BCUT2D eigenvalue weighted by Crippen LogP contribution is -2.42. The summed E-state index contributed by atoms with van der Waals surface area (Å²) in [6.07, 6.45) is 25.6. The van der Waals surface area contributed by atoms with Gasteiger partial charge in [-0.2, -0.15) is 0 Å². The van der Waals surface area contributed by atoms with E-state index >= 15 is 0 Å². The van der Waals surface area contributed by atoms with Gasteiger partial charge in [0.25, 0.3) is 0 Å². The summed E-state index contributed by atoms with van der Waals surface area (Å²) in [6.45, 7) is 4.61. The highest BCUT2D eigenvalue weighted by molar-refractivity contribution is 5.15. The predicted molar refractivity (Wildman–Crippen MR) is 125 cm³/mol. The number of unbranched alkanes of at least 4 members (excludes halogenated alkanes) is 9. The maximum Gasteiger partial charge on any atom is 0.241 e. The number of hydrogen-bond donors (Lipinski definition) is 1. The van der Waals surface area contributed by atoms with E-state index in [-0.39, 0.29) is 0 Å². The topological polar surface area (TPSA) is 19.7 Å². The third-order valence-electron chi connectivity index (χ3n) is 6.37. The highest BCUT2D eigenvalue weighted by Crippen LogP contribution is 2.28. The minimum Gasteiger partial charge on any atom is -0.250 e. The molecule has 0 amide bonds. The van der Waals surface area contributed by atoms with Crippen LogP contribution >= 0.6 is 0 Å². The third-order valence-corrected chi connectivity index (χ3v) is 6.37. The molecule has 1 N–H and O–H groups in total. The number of rotatable bonds is 17. The summed E-state index contributed by atoms with van der Waals surface area (Å²) >= 11 is 0. The Morgan fingerprint density at radius 1 is 0.759 bits per heavy atom. The van der Waals surface area contributed by atoms with Crippen molar-refractivity contribution in [2.24, 2.45) is 5.92 Å². The van der Waals surface area contributed by atoms with Crippen LogP contribution in [-0.4, -0.2) is 4.98 Å². The van der Waals surface area contributed by atoms with Crippen molar-refractivity contribution in [1.82, 2.24) is 4.98 Å². The van der Waals surface area contributed by atoms with Crippen molar-refractivity contribution < 1.29 is 4.57 Å². The molecule has 0 saturated heterocycles. The molecule has 0 aliphatic heterocycles. The van der Waals surface area contributed by atoms with Gasteiger partial charge in [-0.3, -0.25) is 4.98 Å². The van der Waals surface area contributed by atoms with Crippen LogP contribution in [-0.2, 0) is 6.42 Å². The van der Waals surface area contributed by atoms with Gasteiger partial charge in [-0.05, 0) is 31.2 Å². The van der Waals surface area contributed by atoms with E-state index in [2.05, 4.69) is 72.5 Å². The molecule has 0 fully saturated rings. The second-order valence-electron chi connectivity index (χ2n) is 8.84. The zero-order chi connectivity index (χ0) is 20.6. The molecule has 0 radical (unpaired) electrons. The zero-order valence-corrected chi connectivity index (χ0v) is 19.1. The first kappa shape index (κ1) is 23.7. The first-order chi connectivity index (χ1) is 14.3. The molecule has 0 bridgehead atoms. The smallest absolute Gasteiger partial charge is 0.241 e. The molecule has 1 aromatic carbocycles. The van der Waals surface area contributed by atoms with Gasteiger partial charge in [-0.1, -0.05) is 108 Å². The molecule has 1 heterocycles. The molecule has 2 aromatic rings. The van der Waals surface area contributed by atoms with Crippen LogP contribution in [0.2, 0.25) is 0 Å². The number of hydrogen-bond acceptors (Lipinski definition) is 0. The summed E-state index contributed by atoms with van der Waals surface area (Å²) in [5.74, 6) is 0.717. The Morgan fingerprint density at radius 3 is 2.03 bits per heavy atom. The predicted octanol–water partition coefficient (Wildman–Crippen LogP) is 7.81. The van der Waals surface area contributed by atoms with E-state index in [1.54, 1.807) is 0 Å². The Bertz CT molecular complexity index is 590. The van der Waals surface area contributed by atoms with Crippen LogP contribution in [0.15, 0.2) is 49.1 Å². The van der Waals surface area contributed by atoms with Gasteiger partial charge in [0.2, 0.25) is 6.33 Å². The molecule has 2 heteroatoms. The summed E-state index contributed by atoms with van der Waals surface area (Å²) in [4.78, 5) is 3.27.